The molecule has 0 radical (unpaired) electrons. The van der Waals surface area contributed by atoms with E-state index in [9.17, 15) is 0 Å². The van der Waals surface area contributed by atoms with Gasteiger partial charge >= 0.3 is 0 Å². The van der Waals surface area contributed by atoms with E-state index < -0.39 is 0 Å². The van der Waals surface area contributed by atoms with Crippen LogP contribution in [0.5, 0.6) is 5.75 Å². The predicted octanol–water partition coefficient (Wildman–Crippen LogP) is 4.67. The van der Waals surface area contributed by atoms with Crippen molar-refractivity contribution in [1.29, 1.82) is 0 Å². The third-order valence-electron chi connectivity index (χ3n) is 3.59. The number of aromatic nitrogens is 1. The SMILES string of the molecule is CCCCCCOc1ccc(Nc2nccc(C)c2N)cc1. The quantitative estimate of drug-likeness (QED) is 0.695. The van der Waals surface area contributed by atoms with Gasteiger partial charge in [-0.2, -0.15) is 0 Å². The molecule has 0 aliphatic carbocycles. The molecule has 1 aromatic heterocycles. The Morgan fingerprint density at radius 2 is 1.86 bits per heavy atom. The van der Waals surface area contributed by atoms with Crippen LogP contribution in [0.25, 0.3) is 0 Å². The van der Waals surface area contributed by atoms with Gasteiger partial charge < -0.3 is 15.8 Å². The van der Waals surface area contributed by atoms with E-state index in [-0.39, 0.29) is 0 Å². The van der Waals surface area contributed by atoms with Gasteiger partial charge in [0, 0.05) is 11.9 Å². The smallest absolute Gasteiger partial charge is 0.153 e. The Hall–Kier alpha value is -2.23. The predicted molar refractivity (Wildman–Crippen MR) is 92.7 cm³/mol. The van der Waals surface area contributed by atoms with Crippen molar-refractivity contribution in [3.63, 3.8) is 0 Å². The highest BCUT2D eigenvalue weighted by molar-refractivity contribution is 5.71. The highest BCUT2D eigenvalue weighted by atomic mass is 16.5. The van der Waals surface area contributed by atoms with Gasteiger partial charge in [-0.05, 0) is 49.2 Å². The molecule has 0 amide bonds. The number of nitrogens with two attached hydrogens (primary N) is 1. The van der Waals surface area contributed by atoms with Crippen molar-refractivity contribution in [3.8, 4) is 5.75 Å². The van der Waals surface area contributed by atoms with E-state index in [1.807, 2.05) is 37.3 Å². The van der Waals surface area contributed by atoms with Crippen molar-refractivity contribution in [2.45, 2.75) is 39.5 Å². The molecule has 0 spiro atoms. The molecule has 0 saturated carbocycles. The highest BCUT2D eigenvalue weighted by Gasteiger charge is 2.03. The number of benzene rings is 1. The van der Waals surface area contributed by atoms with Gasteiger partial charge in [0.2, 0.25) is 0 Å². The van der Waals surface area contributed by atoms with Gasteiger partial charge in [-0.3, -0.25) is 0 Å². The summed E-state index contributed by atoms with van der Waals surface area (Å²) in [6.45, 7) is 4.96. The Bertz CT molecular complexity index is 581. The van der Waals surface area contributed by atoms with E-state index in [2.05, 4.69) is 17.2 Å². The molecule has 1 aromatic carbocycles. The summed E-state index contributed by atoms with van der Waals surface area (Å²) < 4.78 is 5.73. The molecule has 4 heteroatoms. The number of ether oxygens (including phenoxy) is 1. The van der Waals surface area contributed by atoms with Crippen molar-refractivity contribution in [2.24, 2.45) is 0 Å². The monoisotopic (exact) mass is 299 g/mol. The molecule has 0 bridgehead atoms. The molecule has 2 aromatic rings. The van der Waals surface area contributed by atoms with Crippen LogP contribution in [0.1, 0.15) is 38.2 Å². The lowest BCUT2D eigenvalue weighted by molar-refractivity contribution is 0.305. The number of hydrogen-bond donors (Lipinski definition) is 2. The molecule has 0 aliphatic heterocycles. The summed E-state index contributed by atoms with van der Waals surface area (Å²) in [7, 11) is 0. The molecule has 0 atom stereocenters. The molecule has 0 aliphatic rings. The summed E-state index contributed by atoms with van der Waals surface area (Å²) in [5.74, 6) is 1.58. The standard InChI is InChI=1S/C18H25N3O/c1-3-4-5-6-13-22-16-9-7-15(8-10-16)21-18-17(19)14(2)11-12-20-18/h7-12H,3-6,13,19H2,1-2H3,(H,20,21). The van der Waals surface area contributed by atoms with Gasteiger partial charge in [-0.15, -0.1) is 0 Å². The van der Waals surface area contributed by atoms with Crippen LogP contribution >= 0.6 is 0 Å². The second-order valence-corrected chi connectivity index (χ2v) is 5.45. The first-order valence-electron chi connectivity index (χ1n) is 7.91. The van der Waals surface area contributed by atoms with E-state index in [0.717, 1.165) is 30.0 Å². The second-order valence-electron chi connectivity index (χ2n) is 5.45. The molecule has 22 heavy (non-hydrogen) atoms. The van der Waals surface area contributed by atoms with Crippen molar-refractivity contribution < 1.29 is 4.74 Å². The number of nitrogens with one attached hydrogen (secondary N) is 1. The minimum Gasteiger partial charge on any atom is -0.494 e. The maximum absolute atomic E-state index is 6.02. The van der Waals surface area contributed by atoms with Crippen LogP contribution in [0.15, 0.2) is 36.5 Å². The van der Waals surface area contributed by atoms with E-state index >= 15 is 0 Å². The molecule has 0 saturated heterocycles. The van der Waals surface area contributed by atoms with Gasteiger partial charge in [0.15, 0.2) is 5.82 Å². The average molecular weight is 299 g/mol. The molecule has 118 valence electrons. The lowest BCUT2D eigenvalue weighted by atomic mass is 10.2. The first kappa shape index (κ1) is 16.1. The Morgan fingerprint density at radius 1 is 1.09 bits per heavy atom. The first-order valence-corrected chi connectivity index (χ1v) is 7.91. The van der Waals surface area contributed by atoms with Gasteiger partial charge in [0.1, 0.15) is 5.75 Å². The molecule has 0 fully saturated rings. The summed E-state index contributed by atoms with van der Waals surface area (Å²) >= 11 is 0. The zero-order valence-electron chi connectivity index (χ0n) is 13.4. The lowest BCUT2D eigenvalue weighted by Crippen LogP contribution is -2.01. The van der Waals surface area contributed by atoms with E-state index in [1.165, 1.54) is 19.3 Å². The van der Waals surface area contributed by atoms with Gasteiger partial charge in [-0.25, -0.2) is 4.98 Å². The number of nitrogens with zero attached hydrogens (tertiary/aromatic N) is 1. The van der Waals surface area contributed by atoms with Crippen molar-refractivity contribution in [3.05, 3.63) is 42.1 Å². The maximum Gasteiger partial charge on any atom is 0.153 e. The van der Waals surface area contributed by atoms with Gasteiger partial charge in [0.05, 0.1) is 12.3 Å². The fourth-order valence-electron chi connectivity index (χ4n) is 2.16. The third-order valence-corrected chi connectivity index (χ3v) is 3.59. The number of nitrogen functional groups attached to an aromatic ring is 1. The number of unbranched alkanes of at least 4 members (excludes halogenated alkanes) is 3. The topological polar surface area (TPSA) is 60.2 Å². The molecule has 1 heterocycles. The van der Waals surface area contributed by atoms with E-state index in [1.54, 1.807) is 6.20 Å². The van der Waals surface area contributed by atoms with Crippen molar-refractivity contribution in [1.82, 2.24) is 4.98 Å². The molecular weight excluding hydrogens is 274 g/mol. The Kier molecular flexibility index (Phi) is 6.07. The first-order chi connectivity index (χ1) is 10.7. The van der Waals surface area contributed by atoms with Crippen LogP contribution in [0.4, 0.5) is 17.2 Å². The van der Waals surface area contributed by atoms with Crippen LogP contribution in [0.3, 0.4) is 0 Å². The van der Waals surface area contributed by atoms with Crippen LogP contribution in [-0.2, 0) is 0 Å². The minimum atomic E-state index is 0.679. The lowest BCUT2D eigenvalue weighted by Gasteiger charge is -2.11. The Labute approximate surface area is 132 Å². The summed E-state index contributed by atoms with van der Waals surface area (Å²) in [4.78, 5) is 4.27. The summed E-state index contributed by atoms with van der Waals surface area (Å²) in [6, 6.07) is 9.79. The molecule has 2 rings (SSSR count). The fraction of sp³-hybridized carbons (Fsp3) is 0.389. The number of rotatable bonds is 8. The van der Waals surface area contributed by atoms with Crippen molar-refractivity contribution >= 4 is 17.2 Å². The maximum atomic E-state index is 6.02. The number of anilines is 3. The van der Waals surface area contributed by atoms with Gasteiger partial charge in [-0.1, -0.05) is 26.2 Å². The molecular formula is C18H25N3O. The Morgan fingerprint density at radius 3 is 2.59 bits per heavy atom. The second kappa shape index (κ2) is 8.27. The Balaban J connectivity index is 1.88. The summed E-state index contributed by atoms with van der Waals surface area (Å²) in [5, 5.41) is 3.23. The number of hydrogen-bond acceptors (Lipinski definition) is 4. The molecule has 4 nitrogen and oxygen atoms in total. The zero-order chi connectivity index (χ0) is 15.8. The zero-order valence-corrected chi connectivity index (χ0v) is 13.4. The number of aryl methyl sites for hydroxylation is 1. The molecule has 3 N–H and O–H groups in total. The minimum absolute atomic E-state index is 0.679. The summed E-state index contributed by atoms with van der Waals surface area (Å²) in [5.41, 5.74) is 8.66. The normalized spacial score (nSPS) is 10.5. The van der Waals surface area contributed by atoms with Crippen LogP contribution < -0.4 is 15.8 Å². The largest absolute Gasteiger partial charge is 0.494 e. The van der Waals surface area contributed by atoms with Crippen LogP contribution in [0.2, 0.25) is 0 Å². The van der Waals surface area contributed by atoms with Crippen LogP contribution in [-0.4, -0.2) is 11.6 Å². The highest BCUT2D eigenvalue weighted by Crippen LogP contribution is 2.24. The van der Waals surface area contributed by atoms with Crippen molar-refractivity contribution in [2.75, 3.05) is 17.7 Å². The molecule has 0 unspecified atom stereocenters. The van der Waals surface area contributed by atoms with E-state index in [0.29, 0.717) is 11.5 Å². The number of pyridine rings is 1. The average Bonchev–Trinajstić information content (AvgIpc) is 2.53. The van der Waals surface area contributed by atoms with Gasteiger partial charge in [0.25, 0.3) is 0 Å². The van der Waals surface area contributed by atoms with Crippen LogP contribution in [0, 0.1) is 6.92 Å². The van der Waals surface area contributed by atoms with E-state index in [4.69, 9.17) is 10.5 Å². The third kappa shape index (κ3) is 4.65. The fourth-order valence-corrected chi connectivity index (χ4v) is 2.16. The summed E-state index contributed by atoms with van der Waals surface area (Å²) in [6.07, 6.45) is 6.61.